The van der Waals surface area contributed by atoms with Crippen molar-refractivity contribution in [1.29, 1.82) is 5.53 Å². The maximum Gasteiger partial charge on any atom is 0.272 e. The van der Waals surface area contributed by atoms with Crippen LogP contribution in [0, 0.1) is 17.4 Å². The average Bonchev–Trinajstić information content (AvgIpc) is 3.63. The number of hydrazone groups is 1. The summed E-state index contributed by atoms with van der Waals surface area (Å²) >= 11 is 0. The summed E-state index contributed by atoms with van der Waals surface area (Å²) in [5.74, 6) is -0.198. The van der Waals surface area contributed by atoms with E-state index in [1.807, 2.05) is 30.3 Å². The Morgan fingerprint density at radius 3 is 2.60 bits per heavy atom. The molecular weight excluding hydrogens is 551 g/mol. The minimum Gasteiger partial charge on any atom is -0.436 e. The normalized spacial score (nSPS) is 19.6. The van der Waals surface area contributed by atoms with E-state index in [4.69, 9.17) is 9.95 Å². The van der Waals surface area contributed by atoms with Crippen molar-refractivity contribution in [2.45, 2.75) is 38.4 Å². The van der Waals surface area contributed by atoms with Gasteiger partial charge in [0.05, 0.1) is 12.0 Å². The number of anilines is 1. The zero-order valence-corrected chi connectivity index (χ0v) is 23.5. The molecule has 220 valence electrons. The van der Waals surface area contributed by atoms with Crippen molar-refractivity contribution in [1.82, 2.24) is 20.3 Å². The molecule has 43 heavy (non-hydrogen) atoms. The lowest BCUT2D eigenvalue weighted by Gasteiger charge is -2.36. The number of carbonyl (C=O) groups excluding carboxylic acids is 2. The summed E-state index contributed by atoms with van der Waals surface area (Å²) in [6.07, 6.45) is 2.28. The number of fused-ring (bicyclic) bond motifs is 1. The van der Waals surface area contributed by atoms with E-state index >= 15 is 0 Å². The number of carbonyl (C=O) groups is 2. The minimum atomic E-state index is -1.07. The standard InChI is InChI=1S/C31H31FN8O3/c1-18(37-33)38-39-28(19-5-3-2-4-6-19)20-10-13-40(14-11-20)31(42)26-15-21(9-12-34-26)30-36-25-16-22(7-8-27(25)43-30)35-29(41)23-17-24(23)32/h2-9,12,15-16,20,23-24,28,33,39H,10-11,13-14,17H2,1H3,(H,35,41)/b37-33?,38-18-/t23-,24+,28-/m1/s1. The zero-order valence-electron chi connectivity index (χ0n) is 23.5. The molecular formula is C31H31FN8O3. The SMILES string of the molecule is C/C(N=N)=N/N[C@H](c1ccccc1)C1CCN(C(=O)c2cc(-c3nc4cc(NC(=O)[C@@H]5C[C@@H]5F)ccc4o3)ccn2)CC1. The molecule has 2 fully saturated rings. The van der Waals surface area contributed by atoms with Crippen LogP contribution in [0.4, 0.5) is 10.1 Å². The number of nitrogens with zero attached hydrogens (tertiary/aromatic N) is 5. The summed E-state index contributed by atoms with van der Waals surface area (Å²) in [5, 5.41) is 10.4. The largest absolute Gasteiger partial charge is 0.436 e. The van der Waals surface area contributed by atoms with Crippen molar-refractivity contribution < 1.29 is 18.4 Å². The van der Waals surface area contributed by atoms with Crippen LogP contribution in [0.15, 0.2) is 81.5 Å². The fourth-order valence-electron chi connectivity index (χ4n) is 5.38. The number of pyridine rings is 1. The quantitative estimate of drug-likeness (QED) is 0.104. The Labute approximate surface area is 247 Å². The van der Waals surface area contributed by atoms with Crippen molar-refractivity contribution in [3.63, 3.8) is 0 Å². The zero-order chi connectivity index (χ0) is 29.9. The van der Waals surface area contributed by atoms with Crippen molar-refractivity contribution in [2.24, 2.45) is 22.1 Å². The highest BCUT2D eigenvalue weighted by Gasteiger charge is 2.43. The number of hydrogen-bond donors (Lipinski definition) is 3. The van der Waals surface area contributed by atoms with E-state index in [-0.39, 0.29) is 30.2 Å². The van der Waals surface area contributed by atoms with Gasteiger partial charge in [0.2, 0.25) is 11.8 Å². The summed E-state index contributed by atoms with van der Waals surface area (Å²) in [6.45, 7) is 2.79. The van der Waals surface area contributed by atoms with Crippen molar-refractivity contribution in [3.8, 4) is 11.5 Å². The highest BCUT2D eigenvalue weighted by atomic mass is 19.1. The molecule has 2 aromatic heterocycles. The first-order valence-corrected chi connectivity index (χ1v) is 14.2. The summed E-state index contributed by atoms with van der Waals surface area (Å²) in [4.78, 5) is 36.3. The van der Waals surface area contributed by atoms with Crippen LogP contribution in [0.5, 0.6) is 0 Å². The number of piperidine rings is 1. The number of nitrogens with one attached hydrogen (secondary N) is 3. The van der Waals surface area contributed by atoms with Gasteiger partial charge < -0.3 is 20.1 Å². The molecule has 0 radical (unpaired) electrons. The van der Waals surface area contributed by atoms with Crippen LogP contribution < -0.4 is 10.7 Å². The molecule has 2 amide bonds. The van der Waals surface area contributed by atoms with E-state index in [9.17, 15) is 14.0 Å². The number of aromatic nitrogens is 2. The van der Waals surface area contributed by atoms with E-state index in [0.29, 0.717) is 52.9 Å². The lowest BCUT2D eigenvalue weighted by atomic mass is 9.85. The number of oxazole rings is 1. The molecule has 0 bridgehead atoms. The summed E-state index contributed by atoms with van der Waals surface area (Å²) < 4.78 is 19.2. The molecule has 4 aromatic rings. The number of likely N-dealkylation sites (tertiary alicyclic amines) is 1. The van der Waals surface area contributed by atoms with Gasteiger partial charge in [0.25, 0.3) is 5.91 Å². The van der Waals surface area contributed by atoms with Gasteiger partial charge in [0.1, 0.15) is 17.4 Å². The highest BCUT2D eigenvalue weighted by molar-refractivity contribution is 5.96. The smallest absolute Gasteiger partial charge is 0.272 e. The van der Waals surface area contributed by atoms with E-state index in [2.05, 4.69) is 30.9 Å². The van der Waals surface area contributed by atoms with Crippen molar-refractivity contribution in [2.75, 3.05) is 18.4 Å². The second-order valence-electron chi connectivity index (χ2n) is 10.9. The van der Waals surface area contributed by atoms with E-state index in [1.54, 1.807) is 48.4 Å². The number of rotatable bonds is 8. The predicted octanol–water partition coefficient (Wildman–Crippen LogP) is 5.73. The molecule has 0 spiro atoms. The number of halogens is 1. The Bertz CT molecular complexity index is 1680. The number of benzene rings is 2. The van der Waals surface area contributed by atoms with E-state index < -0.39 is 12.1 Å². The monoisotopic (exact) mass is 582 g/mol. The van der Waals surface area contributed by atoms with E-state index in [0.717, 1.165) is 18.4 Å². The third-order valence-corrected chi connectivity index (χ3v) is 7.91. The molecule has 0 unspecified atom stereocenters. The molecule has 1 aliphatic heterocycles. The van der Waals surface area contributed by atoms with Gasteiger partial charge in [-0.1, -0.05) is 30.3 Å². The maximum absolute atomic E-state index is 13.5. The molecule has 3 N–H and O–H groups in total. The number of amides is 2. The Balaban J connectivity index is 1.13. The molecule has 1 aliphatic carbocycles. The lowest BCUT2D eigenvalue weighted by molar-refractivity contribution is -0.117. The summed E-state index contributed by atoms with van der Waals surface area (Å²) in [7, 11) is 0. The second kappa shape index (κ2) is 12.1. The van der Waals surface area contributed by atoms with Gasteiger partial charge in [0, 0.05) is 30.5 Å². The van der Waals surface area contributed by atoms with Crippen LogP contribution in [0.25, 0.3) is 22.6 Å². The van der Waals surface area contributed by atoms with Crippen LogP contribution in [0.3, 0.4) is 0 Å². The highest BCUT2D eigenvalue weighted by Crippen LogP contribution is 2.35. The molecule has 2 aliphatic rings. The molecule has 12 heteroatoms. The first-order valence-electron chi connectivity index (χ1n) is 14.2. The minimum absolute atomic E-state index is 0.0704. The first kappa shape index (κ1) is 28.1. The Kier molecular flexibility index (Phi) is 7.91. The fourth-order valence-corrected chi connectivity index (χ4v) is 5.38. The third kappa shape index (κ3) is 6.27. The van der Waals surface area contributed by atoms with Crippen LogP contribution >= 0.6 is 0 Å². The maximum atomic E-state index is 13.5. The molecule has 1 saturated carbocycles. The van der Waals surface area contributed by atoms with E-state index in [1.165, 1.54) is 0 Å². The van der Waals surface area contributed by atoms with Gasteiger partial charge in [0.15, 0.2) is 11.4 Å². The number of amidine groups is 1. The number of hydrogen-bond acceptors (Lipinski definition) is 8. The number of alkyl halides is 1. The topological polar surface area (TPSA) is 149 Å². The fraction of sp³-hybridized carbons (Fsp3) is 0.323. The van der Waals surface area contributed by atoms with Crippen molar-refractivity contribution >= 4 is 34.4 Å². The van der Waals surface area contributed by atoms with Crippen LogP contribution in [0.1, 0.15) is 48.3 Å². The van der Waals surface area contributed by atoms with Gasteiger partial charge in [-0.05, 0) is 68.0 Å². The molecule has 1 saturated heterocycles. The second-order valence-corrected chi connectivity index (χ2v) is 10.9. The molecule has 3 heterocycles. The molecule has 3 atom stereocenters. The van der Waals surface area contributed by atoms with Crippen molar-refractivity contribution in [3.05, 3.63) is 78.1 Å². The lowest BCUT2D eigenvalue weighted by Crippen LogP contribution is -2.41. The van der Waals surface area contributed by atoms with Gasteiger partial charge >= 0.3 is 0 Å². The molecule has 11 nitrogen and oxygen atoms in total. The van der Waals surface area contributed by atoms with Crippen LogP contribution in [-0.2, 0) is 4.79 Å². The van der Waals surface area contributed by atoms with Gasteiger partial charge in [-0.15, -0.1) is 5.11 Å². The Hall–Kier alpha value is -5.00. The van der Waals surface area contributed by atoms with Gasteiger partial charge in [-0.25, -0.2) is 14.9 Å². The van der Waals surface area contributed by atoms with Crippen LogP contribution in [-0.4, -0.2) is 51.8 Å². The predicted molar refractivity (Wildman–Crippen MR) is 158 cm³/mol. The van der Waals surface area contributed by atoms with Crippen LogP contribution in [0.2, 0.25) is 0 Å². The Morgan fingerprint density at radius 1 is 1.12 bits per heavy atom. The third-order valence-electron chi connectivity index (χ3n) is 7.91. The summed E-state index contributed by atoms with van der Waals surface area (Å²) in [6, 6.07) is 18.4. The van der Waals surface area contributed by atoms with Gasteiger partial charge in [-0.2, -0.15) is 5.10 Å². The molecule has 2 aromatic carbocycles. The average molecular weight is 583 g/mol. The summed E-state index contributed by atoms with van der Waals surface area (Å²) in [5.41, 5.74) is 13.9. The van der Waals surface area contributed by atoms with Gasteiger partial charge in [-0.3, -0.25) is 14.6 Å². The molecule has 6 rings (SSSR count). The Morgan fingerprint density at radius 2 is 1.88 bits per heavy atom. The first-order chi connectivity index (χ1) is 20.9.